The van der Waals surface area contributed by atoms with Crippen molar-refractivity contribution in [2.45, 2.75) is 38.5 Å². The van der Waals surface area contributed by atoms with E-state index < -0.39 is 0 Å². The summed E-state index contributed by atoms with van der Waals surface area (Å²) in [7, 11) is 4.26. The van der Waals surface area contributed by atoms with Crippen LogP contribution in [0.3, 0.4) is 0 Å². The molecule has 116 valence electrons. The van der Waals surface area contributed by atoms with Crippen LogP contribution in [0, 0.1) is 0 Å². The summed E-state index contributed by atoms with van der Waals surface area (Å²) < 4.78 is 1.91. The van der Waals surface area contributed by atoms with E-state index in [9.17, 15) is 0 Å². The molecule has 1 fully saturated rings. The molecule has 1 aliphatic carbocycles. The molecule has 4 rings (SSSR count). The molecule has 0 aliphatic heterocycles. The smallest absolute Gasteiger partial charge is 0.139 e. The first-order chi connectivity index (χ1) is 11.0. The Bertz CT molecular complexity index is 888. The maximum absolute atomic E-state index is 4.55. The highest BCUT2D eigenvalue weighted by Crippen LogP contribution is 2.44. The lowest BCUT2D eigenvalue weighted by molar-refractivity contribution is 0.780. The molecule has 0 radical (unpaired) electrons. The van der Waals surface area contributed by atoms with Gasteiger partial charge in [0.25, 0.3) is 0 Å². The van der Waals surface area contributed by atoms with Crippen LogP contribution < -0.4 is 5.46 Å². The van der Waals surface area contributed by atoms with Gasteiger partial charge in [0.2, 0.25) is 0 Å². The van der Waals surface area contributed by atoms with Crippen LogP contribution in [0.15, 0.2) is 36.5 Å². The molecule has 1 saturated carbocycles. The highest BCUT2D eigenvalue weighted by Gasteiger charge is 2.28. The van der Waals surface area contributed by atoms with Gasteiger partial charge in [0.1, 0.15) is 7.85 Å². The molecule has 0 atom stereocenters. The summed E-state index contributed by atoms with van der Waals surface area (Å²) >= 11 is 0. The molecule has 0 unspecified atom stereocenters. The van der Waals surface area contributed by atoms with E-state index in [0.717, 1.165) is 11.4 Å². The molecule has 0 N–H and O–H groups in total. The Morgan fingerprint density at radius 1 is 1.22 bits per heavy atom. The molecule has 23 heavy (non-hydrogen) atoms. The van der Waals surface area contributed by atoms with Crippen LogP contribution in [0.1, 0.15) is 49.7 Å². The molecule has 1 heterocycles. The van der Waals surface area contributed by atoms with Gasteiger partial charge in [0, 0.05) is 18.6 Å². The molecule has 0 bridgehead atoms. The minimum atomic E-state index is 0.592. The van der Waals surface area contributed by atoms with E-state index >= 15 is 0 Å². The van der Waals surface area contributed by atoms with Crippen LogP contribution in [0.5, 0.6) is 0 Å². The minimum Gasteiger partial charge on any atom is -0.275 e. The zero-order chi connectivity index (χ0) is 16.1. The first-order valence-electron chi connectivity index (χ1n) is 8.61. The average Bonchev–Trinajstić information content (AvgIpc) is 3.26. The van der Waals surface area contributed by atoms with Crippen LogP contribution >= 0.6 is 0 Å². The molecule has 2 aromatic carbocycles. The van der Waals surface area contributed by atoms with E-state index in [1.54, 1.807) is 11.1 Å². The largest absolute Gasteiger partial charge is 0.275 e. The van der Waals surface area contributed by atoms with Gasteiger partial charge in [-0.15, -0.1) is 0 Å². The summed E-state index contributed by atoms with van der Waals surface area (Å²) in [4.78, 5) is 0. The van der Waals surface area contributed by atoms with Crippen molar-refractivity contribution in [1.29, 1.82) is 0 Å². The van der Waals surface area contributed by atoms with Crippen LogP contribution in [-0.4, -0.2) is 17.6 Å². The Kier molecular flexibility index (Phi) is 3.33. The van der Waals surface area contributed by atoms with Crippen LogP contribution in [0.4, 0.5) is 0 Å². The summed E-state index contributed by atoms with van der Waals surface area (Å²) in [5.41, 5.74) is 8.29. The van der Waals surface area contributed by atoms with E-state index in [0.29, 0.717) is 5.92 Å². The maximum Gasteiger partial charge on any atom is 0.139 e. The number of nitrogens with zero attached hydrogens (tertiary/aromatic N) is 2. The van der Waals surface area contributed by atoms with Crippen molar-refractivity contribution in [3.05, 3.63) is 47.7 Å². The SMILES string of the molecule is Bc1cc(-c2cccc3nn(C)cc23)cc(C2CC2)c1C(C)C. The van der Waals surface area contributed by atoms with E-state index in [-0.39, 0.29) is 0 Å². The van der Waals surface area contributed by atoms with Gasteiger partial charge in [-0.05, 0) is 53.0 Å². The van der Waals surface area contributed by atoms with Gasteiger partial charge in [-0.2, -0.15) is 5.10 Å². The highest BCUT2D eigenvalue weighted by molar-refractivity contribution is 6.34. The molecule has 0 saturated heterocycles. The number of hydrogen-bond acceptors (Lipinski definition) is 1. The number of hydrogen-bond donors (Lipinski definition) is 0. The lowest BCUT2D eigenvalue weighted by Crippen LogP contribution is -2.15. The third-order valence-corrected chi connectivity index (χ3v) is 4.99. The van der Waals surface area contributed by atoms with Gasteiger partial charge in [0.15, 0.2) is 0 Å². The molecule has 0 amide bonds. The van der Waals surface area contributed by atoms with Gasteiger partial charge >= 0.3 is 0 Å². The lowest BCUT2D eigenvalue weighted by Gasteiger charge is -2.18. The predicted molar refractivity (Wildman–Crippen MR) is 100 cm³/mol. The molecule has 3 heteroatoms. The first kappa shape index (κ1) is 14.6. The van der Waals surface area contributed by atoms with Gasteiger partial charge < -0.3 is 0 Å². The summed E-state index contributed by atoms with van der Waals surface area (Å²) in [6, 6.07) is 11.2. The summed E-state index contributed by atoms with van der Waals surface area (Å²) in [5.74, 6) is 1.37. The Balaban J connectivity index is 1.95. The summed E-state index contributed by atoms with van der Waals surface area (Å²) in [5, 5.41) is 5.80. The van der Waals surface area contributed by atoms with Gasteiger partial charge in [-0.1, -0.05) is 43.6 Å². The zero-order valence-corrected chi connectivity index (χ0v) is 14.4. The quantitative estimate of drug-likeness (QED) is 0.677. The zero-order valence-electron chi connectivity index (χ0n) is 14.4. The molecule has 1 aliphatic rings. The fourth-order valence-electron chi connectivity index (χ4n) is 3.92. The Labute approximate surface area is 138 Å². The number of aryl methyl sites for hydroxylation is 1. The van der Waals surface area contributed by atoms with E-state index in [1.807, 2.05) is 11.7 Å². The molecule has 2 nitrogen and oxygen atoms in total. The maximum atomic E-state index is 4.55. The van der Waals surface area contributed by atoms with Gasteiger partial charge in [-0.25, -0.2) is 0 Å². The van der Waals surface area contributed by atoms with E-state index in [2.05, 4.69) is 63.3 Å². The lowest BCUT2D eigenvalue weighted by atomic mass is 9.79. The van der Waals surface area contributed by atoms with Crippen molar-refractivity contribution in [3.63, 3.8) is 0 Å². The van der Waals surface area contributed by atoms with Crippen molar-refractivity contribution in [2.75, 3.05) is 0 Å². The summed E-state index contributed by atoms with van der Waals surface area (Å²) in [6.45, 7) is 4.63. The molecule has 3 aromatic rings. The Morgan fingerprint density at radius 2 is 2.00 bits per heavy atom. The Hall–Kier alpha value is -2.03. The van der Waals surface area contributed by atoms with Crippen LogP contribution in [0.2, 0.25) is 0 Å². The standard InChI is InChI=1S/C20H23BN2/c1-12(2)20-16(13-7-8-13)9-14(10-18(20)21)15-5-4-6-19-17(15)11-23(3)22-19/h4-6,9-13H,7-8,21H2,1-3H3. The second-order valence-corrected chi connectivity index (χ2v) is 7.27. The average molecular weight is 302 g/mol. The predicted octanol–water partition coefficient (Wildman–Crippen LogP) is 3.50. The van der Waals surface area contributed by atoms with E-state index in [1.165, 1.54) is 34.8 Å². The normalized spacial score (nSPS) is 14.8. The second kappa shape index (κ2) is 5.26. The molecular weight excluding hydrogens is 279 g/mol. The molecule has 0 spiro atoms. The minimum absolute atomic E-state index is 0.592. The topological polar surface area (TPSA) is 17.8 Å². The van der Waals surface area contributed by atoms with Crippen LogP contribution in [-0.2, 0) is 7.05 Å². The van der Waals surface area contributed by atoms with Crippen molar-refractivity contribution in [3.8, 4) is 11.1 Å². The third-order valence-electron chi connectivity index (χ3n) is 4.99. The first-order valence-corrected chi connectivity index (χ1v) is 8.61. The number of aromatic nitrogens is 2. The Morgan fingerprint density at radius 3 is 2.70 bits per heavy atom. The van der Waals surface area contributed by atoms with E-state index in [4.69, 9.17) is 0 Å². The van der Waals surface area contributed by atoms with Crippen molar-refractivity contribution >= 4 is 24.2 Å². The fraction of sp³-hybridized carbons (Fsp3) is 0.350. The highest BCUT2D eigenvalue weighted by atomic mass is 15.2. The number of rotatable bonds is 3. The van der Waals surface area contributed by atoms with Crippen molar-refractivity contribution in [1.82, 2.24) is 9.78 Å². The third kappa shape index (κ3) is 2.48. The van der Waals surface area contributed by atoms with Crippen LogP contribution in [0.25, 0.3) is 22.0 Å². The molecular formula is C20H23BN2. The fourth-order valence-corrected chi connectivity index (χ4v) is 3.92. The van der Waals surface area contributed by atoms with Gasteiger partial charge in [-0.3, -0.25) is 4.68 Å². The van der Waals surface area contributed by atoms with Crippen molar-refractivity contribution in [2.24, 2.45) is 7.05 Å². The van der Waals surface area contributed by atoms with Crippen molar-refractivity contribution < 1.29 is 0 Å². The number of fused-ring (bicyclic) bond motifs is 1. The molecule has 1 aromatic heterocycles. The summed E-state index contributed by atoms with van der Waals surface area (Å²) in [6.07, 6.45) is 4.83. The number of benzene rings is 2. The second-order valence-electron chi connectivity index (χ2n) is 7.27. The van der Waals surface area contributed by atoms with Gasteiger partial charge in [0.05, 0.1) is 5.52 Å². The monoisotopic (exact) mass is 302 g/mol.